The Morgan fingerprint density at radius 3 is 2.29 bits per heavy atom. The Hall–Kier alpha value is -3.93. The fraction of sp³-hybridized carbons (Fsp3) is 0.241. The maximum Gasteiger partial charge on any atom is 0.274 e. The number of carbonyl (C=O) groups excluding carboxylic acids is 1. The van der Waals surface area contributed by atoms with Crippen LogP contribution in [0.2, 0.25) is 0 Å². The molecule has 5 nitrogen and oxygen atoms in total. The standard InChI is InChI=1S/C29H30FN3O2/c1-21-26(29(35)33(32-21)25-17-15-24(30)16-18-25)19-20-28(34)31-27(23-12-6-3-7-13-23)14-8-11-22-9-4-2-5-10-22/h2-7,9-10,12-13,15-18,27,32H,8,11,14,19-20H2,1H3,(H,31,34)/t27-/m1/s1. The number of carbonyl (C=O) groups is 1. The molecule has 0 radical (unpaired) electrons. The number of amides is 1. The third kappa shape index (κ3) is 6.35. The summed E-state index contributed by atoms with van der Waals surface area (Å²) in [7, 11) is 0. The van der Waals surface area contributed by atoms with E-state index in [-0.39, 0.29) is 29.7 Å². The first kappa shape index (κ1) is 24.2. The number of H-pyrrole nitrogens is 1. The van der Waals surface area contributed by atoms with Crippen LogP contribution in [0.1, 0.15) is 47.7 Å². The third-order valence-electron chi connectivity index (χ3n) is 6.22. The normalized spacial score (nSPS) is 11.8. The molecule has 3 aromatic carbocycles. The smallest absolute Gasteiger partial charge is 0.274 e. The molecule has 4 rings (SSSR count). The van der Waals surface area contributed by atoms with Gasteiger partial charge in [-0.15, -0.1) is 0 Å². The van der Waals surface area contributed by atoms with E-state index < -0.39 is 0 Å². The molecule has 35 heavy (non-hydrogen) atoms. The topological polar surface area (TPSA) is 66.9 Å². The van der Waals surface area contributed by atoms with E-state index in [1.54, 1.807) is 12.1 Å². The van der Waals surface area contributed by atoms with Gasteiger partial charge in [0.05, 0.1) is 11.7 Å². The van der Waals surface area contributed by atoms with E-state index in [4.69, 9.17) is 0 Å². The van der Waals surface area contributed by atoms with Gasteiger partial charge in [0.1, 0.15) is 5.82 Å². The summed E-state index contributed by atoms with van der Waals surface area (Å²) >= 11 is 0. The first-order valence-electron chi connectivity index (χ1n) is 12.0. The van der Waals surface area contributed by atoms with Gasteiger partial charge in [0.15, 0.2) is 0 Å². The second kappa shape index (κ2) is 11.5. The van der Waals surface area contributed by atoms with E-state index in [1.165, 1.54) is 22.4 Å². The Morgan fingerprint density at radius 1 is 0.943 bits per heavy atom. The van der Waals surface area contributed by atoms with Gasteiger partial charge in [0.2, 0.25) is 5.91 Å². The minimum atomic E-state index is -0.362. The molecule has 0 fully saturated rings. The summed E-state index contributed by atoms with van der Waals surface area (Å²) in [6.07, 6.45) is 3.26. The third-order valence-corrected chi connectivity index (χ3v) is 6.22. The molecule has 1 heterocycles. The van der Waals surface area contributed by atoms with Crippen molar-refractivity contribution in [2.24, 2.45) is 0 Å². The predicted octanol–water partition coefficient (Wildman–Crippen LogP) is 5.43. The SMILES string of the molecule is Cc1[nH]n(-c2ccc(F)cc2)c(=O)c1CCC(=O)N[C@H](CCCc1ccccc1)c1ccccc1. The van der Waals surface area contributed by atoms with Crippen molar-refractivity contribution in [2.45, 2.75) is 45.1 Å². The highest BCUT2D eigenvalue weighted by Crippen LogP contribution is 2.20. The van der Waals surface area contributed by atoms with Crippen LogP contribution in [0.3, 0.4) is 0 Å². The number of rotatable bonds is 10. The average molecular weight is 472 g/mol. The second-order valence-electron chi connectivity index (χ2n) is 8.74. The fourth-order valence-electron chi connectivity index (χ4n) is 4.32. The van der Waals surface area contributed by atoms with Crippen molar-refractivity contribution in [3.8, 4) is 5.69 Å². The number of halogens is 1. The van der Waals surface area contributed by atoms with Gasteiger partial charge >= 0.3 is 0 Å². The van der Waals surface area contributed by atoms with Gasteiger partial charge in [-0.3, -0.25) is 14.7 Å². The molecule has 6 heteroatoms. The zero-order chi connectivity index (χ0) is 24.6. The van der Waals surface area contributed by atoms with Gasteiger partial charge in [0, 0.05) is 17.7 Å². The Bertz CT molecular complexity index is 1300. The molecular weight excluding hydrogens is 441 g/mol. The van der Waals surface area contributed by atoms with Gasteiger partial charge in [-0.05, 0) is 68.0 Å². The van der Waals surface area contributed by atoms with Crippen LogP contribution in [0, 0.1) is 12.7 Å². The van der Waals surface area contributed by atoms with Gasteiger partial charge in [-0.25, -0.2) is 9.07 Å². The van der Waals surface area contributed by atoms with E-state index in [0.717, 1.165) is 24.8 Å². The van der Waals surface area contributed by atoms with Crippen molar-refractivity contribution in [1.82, 2.24) is 15.1 Å². The molecule has 0 bridgehead atoms. The lowest BCUT2D eigenvalue weighted by Crippen LogP contribution is -2.29. The van der Waals surface area contributed by atoms with Crippen LogP contribution in [-0.4, -0.2) is 15.7 Å². The zero-order valence-corrected chi connectivity index (χ0v) is 19.8. The van der Waals surface area contributed by atoms with E-state index in [1.807, 2.05) is 55.5 Å². The summed E-state index contributed by atoms with van der Waals surface area (Å²) in [6, 6.07) is 25.9. The molecule has 1 amide bonds. The lowest BCUT2D eigenvalue weighted by atomic mass is 9.98. The molecule has 0 unspecified atom stereocenters. The van der Waals surface area contributed by atoms with Crippen molar-refractivity contribution in [2.75, 3.05) is 0 Å². The molecule has 1 aromatic heterocycles. The first-order valence-corrected chi connectivity index (χ1v) is 12.0. The first-order chi connectivity index (χ1) is 17.0. The average Bonchev–Trinajstić information content (AvgIpc) is 3.16. The minimum absolute atomic E-state index is 0.0874. The molecule has 0 aliphatic carbocycles. The zero-order valence-electron chi connectivity index (χ0n) is 19.8. The summed E-state index contributed by atoms with van der Waals surface area (Å²) in [6.45, 7) is 1.81. The number of aromatic nitrogens is 2. The van der Waals surface area contributed by atoms with Crippen LogP contribution < -0.4 is 10.9 Å². The fourth-order valence-corrected chi connectivity index (χ4v) is 4.32. The van der Waals surface area contributed by atoms with Crippen molar-refractivity contribution in [3.05, 3.63) is 123 Å². The van der Waals surface area contributed by atoms with Gasteiger partial charge in [-0.1, -0.05) is 60.7 Å². The van der Waals surface area contributed by atoms with Crippen molar-refractivity contribution < 1.29 is 9.18 Å². The minimum Gasteiger partial charge on any atom is -0.349 e. The van der Waals surface area contributed by atoms with Crippen LogP contribution in [0.25, 0.3) is 5.69 Å². The lowest BCUT2D eigenvalue weighted by Gasteiger charge is -2.19. The van der Waals surface area contributed by atoms with Crippen LogP contribution in [0.5, 0.6) is 0 Å². The van der Waals surface area contributed by atoms with Crippen LogP contribution >= 0.6 is 0 Å². The number of aromatic amines is 1. The molecule has 0 saturated heterocycles. The summed E-state index contributed by atoms with van der Waals surface area (Å²) in [4.78, 5) is 25.8. The predicted molar refractivity (Wildman–Crippen MR) is 136 cm³/mol. The maximum atomic E-state index is 13.2. The Kier molecular flexibility index (Phi) is 7.93. The van der Waals surface area contributed by atoms with E-state index in [2.05, 4.69) is 22.5 Å². The molecule has 4 aromatic rings. The lowest BCUT2D eigenvalue weighted by molar-refractivity contribution is -0.121. The molecule has 0 aliphatic heterocycles. The maximum absolute atomic E-state index is 13.2. The van der Waals surface area contributed by atoms with Crippen molar-refractivity contribution >= 4 is 5.91 Å². The number of aryl methyl sites for hydroxylation is 2. The van der Waals surface area contributed by atoms with E-state index in [0.29, 0.717) is 23.4 Å². The van der Waals surface area contributed by atoms with Gasteiger partial charge in [0.25, 0.3) is 5.56 Å². The molecule has 1 atom stereocenters. The van der Waals surface area contributed by atoms with Gasteiger partial charge in [-0.2, -0.15) is 0 Å². The summed E-state index contributed by atoms with van der Waals surface area (Å²) in [5, 5.41) is 6.21. The number of nitrogens with zero attached hydrogens (tertiary/aromatic N) is 1. The number of hydrogen-bond acceptors (Lipinski definition) is 2. The molecule has 0 spiro atoms. The van der Waals surface area contributed by atoms with Crippen LogP contribution in [0.4, 0.5) is 4.39 Å². The summed E-state index contributed by atoms with van der Waals surface area (Å²) < 4.78 is 14.6. The molecule has 0 saturated carbocycles. The highest BCUT2D eigenvalue weighted by molar-refractivity contribution is 5.76. The number of hydrogen-bond donors (Lipinski definition) is 2. The quantitative estimate of drug-likeness (QED) is 0.324. The molecule has 180 valence electrons. The Labute approximate surface area is 204 Å². The van der Waals surface area contributed by atoms with Crippen molar-refractivity contribution in [1.29, 1.82) is 0 Å². The van der Waals surface area contributed by atoms with Crippen molar-refractivity contribution in [3.63, 3.8) is 0 Å². The largest absolute Gasteiger partial charge is 0.349 e. The Morgan fingerprint density at radius 2 is 1.60 bits per heavy atom. The molecule has 0 aliphatic rings. The molecular formula is C29H30FN3O2. The second-order valence-corrected chi connectivity index (χ2v) is 8.74. The molecule has 2 N–H and O–H groups in total. The number of benzene rings is 3. The van der Waals surface area contributed by atoms with E-state index >= 15 is 0 Å². The monoisotopic (exact) mass is 471 g/mol. The van der Waals surface area contributed by atoms with Gasteiger partial charge < -0.3 is 5.32 Å². The van der Waals surface area contributed by atoms with Crippen LogP contribution in [0.15, 0.2) is 89.7 Å². The summed E-state index contributed by atoms with van der Waals surface area (Å²) in [5.74, 6) is -0.453. The number of nitrogens with one attached hydrogen (secondary N) is 2. The summed E-state index contributed by atoms with van der Waals surface area (Å²) in [5.41, 5.74) is 3.96. The highest BCUT2D eigenvalue weighted by atomic mass is 19.1. The Balaban J connectivity index is 1.39. The highest BCUT2D eigenvalue weighted by Gasteiger charge is 2.17. The van der Waals surface area contributed by atoms with Crippen LogP contribution in [-0.2, 0) is 17.6 Å². The van der Waals surface area contributed by atoms with E-state index in [9.17, 15) is 14.0 Å².